The first kappa shape index (κ1) is 18.5. The first-order chi connectivity index (χ1) is 13.1. The molecule has 0 aliphatic carbocycles. The van der Waals surface area contributed by atoms with E-state index in [1.165, 1.54) is 0 Å². The minimum atomic E-state index is -3.50. The zero-order valence-corrected chi connectivity index (χ0v) is 15.7. The van der Waals surface area contributed by atoms with Crippen LogP contribution in [0, 0.1) is 0 Å². The van der Waals surface area contributed by atoms with E-state index in [2.05, 4.69) is 15.0 Å². The predicted molar refractivity (Wildman–Crippen MR) is 95.2 cm³/mol. The summed E-state index contributed by atoms with van der Waals surface area (Å²) >= 11 is 0. The molecule has 0 bridgehead atoms. The summed E-state index contributed by atoms with van der Waals surface area (Å²) in [5.74, 6) is -0.0748. The van der Waals surface area contributed by atoms with Crippen molar-refractivity contribution in [3.8, 4) is 0 Å². The van der Waals surface area contributed by atoms with Crippen molar-refractivity contribution in [2.75, 3.05) is 20.3 Å². The second-order valence-corrected chi connectivity index (χ2v) is 8.51. The van der Waals surface area contributed by atoms with Gasteiger partial charge in [0.15, 0.2) is 0 Å². The molecule has 1 N–H and O–H groups in total. The van der Waals surface area contributed by atoms with E-state index in [0.717, 1.165) is 11.3 Å². The molecule has 27 heavy (non-hydrogen) atoms. The summed E-state index contributed by atoms with van der Waals surface area (Å²) in [4.78, 5) is 0. The van der Waals surface area contributed by atoms with E-state index in [1.807, 2.05) is 18.2 Å². The Hall–Kier alpha value is -1.85. The second-order valence-electron chi connectivity index (χ2n) is 6.76. The molecule has 2 saturated heterocycles. The molecule has 1 aromatic heterocycles. The van der Waals surface area contributed by atoms with E-state index in [9.17, 15) is 8.42 Å². The number of hydrogen-bond acceptors (Lipinski definition) is 7. The lowest BCUT2D eigenvalue weighted by Crippen LogP contribution is -2.44. The van der Waals surface area contributed by atoms with Gasteiger partial charge in [-0.2, -0.15) is 0 Å². The van der Waals surface area contributed by atoms with Gasteiger partial charge in [-0.15, -0.1) is 5.10 Å². The lowest BCUT2D eigenvalue weighted by atomic mass is 10.1. The molecule has 9 nitrogen and oxygen atoms in total. The number of fused-ring (bicyclic) bond motifs is 1. The van der Waals surface area contributed by atoms with Gasteiger partial charge in [-0.3, -0.25) is 0 Å². The molecule has 2 aliphatic heterocycles. The number of nitrogens with one attached hydrogen (secondary N) is 1. The highest BCUT2D eigenvalue weighted by atomic mass is 32.2. The molecule has 10 heteroatoms. The standard InChI is InChI=1S/C17H22N4O5S/c1-24-8-13-7-21(20-18-13)15-10-26-16-14(9-25-17(15)16)19-27(22,23)11-12-5-3-2-4-6-12/h2-7,14-17,19H,8-11H2,1H3/t14-,15-,16+,17+/m0/s1. The average Bonchev–Trinajstić information content (AvgIpc) is 3.33. The molecule has 4 atom stereocenters. The van der Waals surface area contributed by atoms with E-state index in [0.29, 0.717) is 13.2 Å². The van der Waals surface area contributed by atoms with Crippen LogP contribution in [0.25, 0.3) is 0 Å². The van der Waals surface area contributed by atoms with Gasteiger partial charge in [0.2, 0.25) is 10.0 Å². The van der Waals surface area contributed by atoms with Crippen LogP contribution in [-0.2, 0) is 36.6 Å². The maximum atomic E-state index is 12.5. The molecule has 0 saturated carbocycles. The summed E-state index contributed by atoms with van der Waals surface area (Å²) in [6, 6.07) is 8.51. The zero-order chi connectivity index (χ0) is 18.9. The maximum Gasteiger partial charge on any atom is 0.216 e. The summed E-state index contributed by atoms with van der Waals surface area (Å²) in [5.41, 5.74) is 1.46. The number of hydrogen-bond donors (Lipinski definition) is 1. The Bertz CT molecular complexity index is 872. The molecule has 0 spiro atoms. The Kier molecular flexibility index (Phi) is 5.24. The van der Waals surface area contributed by atoms with Gasteiger partial charge in [-0.1, -0.05) is 35.5 Å². The van der Waals surface area contributed by atoms with E-state index in [1.54, 1.807) is 30.1 Å². The Balaban J connectivity index is 1.41. The fraction of sp³-hybridized carbons (Fsp3) is 0.529. The molecule has 3 heterocycles. The lowest BCUT2D eigenvalue weighted by Gasteiger charge is -2.18. The van der Waals surface area contributed by atoms with Crippen LogP contribution >= 0.6 is 0 Å². The van der Waals surface area contributed by atoms with Gasteiger partial charge in [0.05, 0.1) is 37.8 Å². The van der Waals surface area contributed by atoms with E-state index in [4.69, 9.17) is 14.2 Å². The third-order valence-corrected chi connectivity index (χ3v) is 6.12. The highest BCUT2D eigenvalue weighted by molar-refractivity contribution is 7.88. The van der Waals surface area contributed by atoms with Gasteiger partial charge in [0.25, 0.3) is 0 Å². The van der Waals surface area contributed by atoms with Gasteiger partial charge in [0, 0.05) is 7.11 Å². The Morgan fingerprint density at radius 3 is 2.78 bits per heavy atom. The van der Waals surface area contributed by atoms with Gasteiger partial charge < -0.3 is 14.2 Å². The highest BCUT2D eigenvalue weighted by Gasteiger charge is 2.49. The van der Waals surface area contributed by atoms with Gasteiger partial charge in [-0.05, 0) is 5.56 Å². The number of sulfonamides is 1. The van der Waals surface area contributed by atoms with Crippen molar-refractivity contribution in [2.45, 2.75) is 36.7 Å². The lowest BCUT2D eigenvalue weighted by molar-refractivity contribution is 0.0624. The molecule has 0 radical (unpaired) electrons. The molecule has 0 unspecified atom stereocenters. The number of methoxy groups -OCH3 is 1. The minimum absolute atomic E-state index is 0.0748. The van der Waals surface area contributed by atoms with Gasteiger partial charge in [0.1, 0.15) is 23.9 Å². The quantitative estimate of drug-likeness (QED) is 0.718. The van der Waals surface area contributed by atoms with Crippen molar-refractivity contribution >= 4 is 10.0 Å². The van der Waals surface area contributed by atoms with Gasteiger partial charge in [-0.25, -0.2) is 17.8 Å². The van der Waals surface area contributed by atoms with Gasteiger partial charge >= 0.3 is 0 Å². The summed E-state index contributed by atoms with van der Waals surface area (Å²) in [5, 5.41) is 8.18. The predicted octanol–water partition coefficient (Wildman–Crippen LogP) is 0.251. The summed E-state index contributed by atoms with van der Waals surface area (Å²) < 4.78 is 46.2. The van der Waals surface area contributed by atoms with Crippen molar-refractivity contribution in [2.24, 2.45) is 0 Å². The monoisotopic (exact) mass is 394 g/mol. The van der Waals surface area contributed by atoms with Crippen molar-refractivity contribution in [1.82, 2.24) is 19.7 Å². The Morgan fingerprint density at radius 1 is 1.22 bits per heavy atom. The smallest absolute Gasteiger partial charge is 0.216 e. The average molecular weight is 394 g/mol. The fourth-order valence-corrected chi connectivity index (χ4v) is 4.94. The van der Waals surface area contributed by atoms with Crippen LogP contribution in [0.4, 0.5) is 0 Å². The van der Waals surface area contributed by atoms with Crippen LogP contribution in [0.5, 0.6) is 0 Å². The normalized spacial score (nSPS) is 27.7. The third-order valence-electron chi connectivity index (χ3n) is 4.75. The van der Waals surface area contributed by atoms with Crippen LogP contribution < -0.4 is 4.72 Å². The Labute approximate surface area is 157 Å². The Morgan fingerprint density at radius 2 is 2.00 bits per heavy atom. The van der Waals surface area contributed by atoms with E-state index >= 15 is 0 Å². The third kappa shape index (κ3) is 4.04. The van der Waals surface area contributed by atoms with Crippen molar-refractivity contribution < 1.29 is 22.6 Å². The maximum absolute atomic E-state index is 12.5. The summed E-state index contributed by atoms with van der Waals surface area (Å²) in [6.07, 6.45) is 1.18. The fourth-order valence-electron chi connectivity index (χ4n) is 3.56. The minimum Gasteiger partial charge on any atom is -0.378 e. The van der Waals surface area contributed by atoms with E-state index < -0.39 is 16.1 Å². The molecule has 4 rings (SSSR count). The summed E-state index contributed by atoms with van der Waals surface area (Å²) in [6.45, 7) is 1.03. The molecular formula is C17H22N4O5S. The molecule has 2 fully saturated rings. The second kappa shape index (κ2) is 7.64. The molecule has 146 valence electrons. The molecular weight excluding hydrogens is 372 g/mol. The highest BCUT2D eigenvalue weighted by Crippen LogP contribution is 2.34. The van der Waals surface area contributed by atoms with Crippen LogP contribution in [0.2, 0.25) is 0 Å². The van der Waals surface area contributed by atoms with Crippen LogP contribution in [0.3, 0.4) is 0 Å². The van der Waals surface area contributed by atoms with Crippen LogP contribution in [-0.4, -0.2) is 62.0 Å². The SMILES string of the molecule is COCc1cn([C@H]2CO[C@H]3[C@@H]2OC[C@@H]3NS(=O)(=O)Cc2ccccc2)nn1. The van der Waals surface area contributed by atoms with Crippen molar-refractivity contribution in [3.05, 3.63) is 47.8 Å². The largest absolute Gasteiger partial charge is 0.378 e. The molecule has 1 aromatic carbocycles. The van der Waals surface area contributed by atoms with Crippen molar-refractivity contribution in [1.29, 1.82) is 0 Å². The number of rotatable bonds is 7. The molecule has 2 aliphatic rings. The van der Waals surface area contributed by atoms with Crippen LogP contribution in [0.1, 0.15) is 17.3 Å². The topological polar surface area (TPSA) is 105 Å². The number of benzene rings is 1. The summed E-state index contributed by atoms with van der Waals surface area (Å²) in [7, 11) is -1.91. The number of nitrogens with zero attached hydrogens (tertiary/aromatic N) is 3. The first-order valence-corrected chi connectivity index (χ1v) is 10.4. The zero-order valence-electron chi connectivity index (χ0n) is 14.9. The number of ether oxygens (including phenoxy) is 3. The molecule has 2 aromatic rings. The van der Waals surface area contributed by atoms with Crippen molar-refractivity contribution in [3.63, 3.8) is 0 Å². The first-order valence-electron chi connectivity index (χ1n) is 8.72. The number of aromatic nitrogens is 3. The van der Waals surface area contributed by atoms with E-state index in [-0.39, 0.29) is 30.6 Å². The molecule has 0 amide bonds. The van der Waals surface area contributed by atoms with Crippen LogP contribution in [0.15, 0.2) is 36.5 Å².